The van der Waals surface area contributed by atoms with Gasteiger partial charge in [0.2, 0.25) is 0 Å². The van der Waals surface area contributed by atoms with Crippen molar-refractivity contribution in [3.63, 3.8) is 0 Å². The minimum absolute atomic E-state index is 0. The van der Waals surface area contributed by atoms with Crippen LogP contribution in [0.4, 0.5) is 0 Å². The Labute approximate surface area is 204 Å². The summed E-state index contributed by atoms with van der Waals surface area (Å²) in [6.45, 7) is 11.3. The Hall–Kier alpha value is 0.0749. The fourth-order valence-corrected chi connectivity index (χ4v) is 4.12. The molecule has 0 bridgehead atoms. The van der Waals surface area contributed by atoms with E-state index in [9.17, 15) is 14.4 Å². The Morgan fingerprint density at radius 2 is 0.828 bits per heavy atom. The summed E-state index contributed by atoms with van der Waals surface area (Å²) in [5.41, 5.74) is -0.262. The standard InChI is InChI=1S/C24H45BO3.Na.H/c1-7-13-16-19(10-4)22(26)25(23(27)20(11-5)17-14-8-2)24(28)21(12-6)18-15-9-3;;/h19-21H,7-18H2,1-6H3;;/q;+1;-1. The summed E-state index contributed by atoms with van der Waals surface area (Å²) in [6, 6.07) is 0. The zero-order valence-electron chi connectivity index (χ0n) is 21.5. The molecule has 0 aliphatic rings. The molecular weight excluding hydrogens is 370 g/mol. The van der Waals surface area contributed by atoms with E-state index in [1.54, 1.807) is 0 Å². The monoisotopic (exact) mass is 416 g/mol. The van der Waals surface area contributed by atoms with Gasteiger partial charge in [-0.1, -0.05) is 80.1 Å². The number of carbonyl (C=O) groups is 3. The van der Waals surface area contributed by atoms with Gasteiger partial charge < -0.3 is 15.8 Å². The molecule has 0 aromatic carbocycles. The number of carbonyl (C=O) groups excluding carboxylic acids is 3. The molecule has 0 amide bonds. The molecule has 3 nitrogen and oxygen atoms in total. The second-order valence-corrected chi connectivity index (χ2v) is 8.38. The van der Waals surface area contributed by atoms with Gasteiger partial charge in [-0.2, -0.15) is 0 Å². The van der Waals surface area contributed by atoms with E-state index in [2.05, 4.69) is 20.8 Å². The molecule has 3 unspecified atom stereocenters. The van der Waals surface area contributed by atoms with E-state index in [-0.39, 0.29) is 65.8 Å². The molecule has 0 aromatic heterocycles. The van der Waals surface area contributed by atoms with Crippen molar-refractivity contribution in [3.05, 3.63) is 0 Å². The van der Waals surface area contributed by atoms with Crippen LogP contribution in [0, 0.1) is 17.8 Å². The largest absolute Gasteiger partial charge is 1.00 e. The van der Waals surface area contributed by atoms with Gasteiger partial charge in [-0.15, -0.1) is 0 Å². The van der Waals surface area contributed by atoms with Gasteiger partial charge in [0.25, 0.3) is 0 Å². The van der Waals surface area contributed by atoms with Gasteiger partial charge in [0.05, 0.1) is 0 Å². The number of hydrogen-bond acceptors (Lipinski definition) is 3. The second kappa shape index (κ2) is 18.8. The third-order valence-electron chi connectivity index (χ3n) is 6.26. The van der Waals surface area contributed by atoms with E-state index in [4.69, 9.17) is 0 Å². The normalized spacial score (nSPS) is 13.9. The SMILES string of the molecule is CCCCC(CC)C(=O)B(C(=O)C(CC)CCCC)C(=O)C(CC)CCCC.[H-].[Na+]. The summed E-state index contributed by atoms with van der Waals surface area (Å²) in [4.78, 5) is 40.2. The van der Waals surface area contributed by atoms with Crippen molar-refractivity contribution >= 4 is 23.8 Å². The topological polar surface area (TPSA) is 51.2 Å². The predicted molar refractivity (Wildman–Crippen MR) is 122 cm³/mol. The first kappa shape index (κ1) is 31.3. The molecule has 0 spiro atoms. The summed E-state index contributed by atoms with van der Waals surface area (Å²) in [6.07, 6.45) is 10.5. The molecule has 0 saturated heterocycles. The van der Waals surface area contributed by atoms with Crippen LogP contribution in [-0.2, 0) is 14.4 Å². The number of unbranched alkanes of at least 4 members (excludes halogenated alkanes) is 3. The third-order valence-corrected chi connectivity index (χ3v) is 6.26. The van der Waals surface area contributed by atoms with Crippen LogP contribution in [0.1, 0.15) is 120 Å². The molecule has 5 heteroatoms. The first-order valence-corrected chi connectivity index (χ1v) is 12.0. The van der Waals surface area contributed by atoms with Crippen LogP contribution in [0.3, 0.4) is 0 Å². The fraction of sp³-hybridized carbons (Fsp3) is 0.875. The van der Waals surface area contributed by atoms with Crippen LogP contribution in [0.5, 0.6) is 0 Å². The second-order valence-electron chi connectivity index (χ2n) is 8.38. The van der Waals surface area contributed by atoms with Crippen LogP contribution in [0.25, 0.3) is 0 Å². The van der Waals surface area contributed by atoms with E-state index in [1.807, 2.05) is 20.8 Å². The van der Waals surface area contributed by atoms with Crippen LogP contribution in [0.15, 0.2) is 0 Å². The molecule has 0 saturated carbocycles. The maximum absolute atomic E-state index is 13.4. The van der Waals surface area contributed by atoms with Gasteiger partial charge in [0.1, 0.15) is 17.0 Å². The van der Waals surface area contributed by atoms with E-state index < -0.39 is 6.71 Å². The van der Waals surface area contributed by atoms with Crippen LogP contribution >= 0.6 is 0 Å². The van der Waals surface area contributed by atoms with E-state index in [1.165, 1.54) is 0 Å². The van der Waals surface area contributed by atoms with E-state index in [0.717, 1.165) is 57.8 Å². The van der Waals surface area contributed by atoms with Crippen molar-refractivity contribution in [2.75, 3.05) is 0 Å². The molecule has 0 rings (SSSR count). The zero-order valence-corrected chi connectivity index (χ0v) is 22.5. The van der Waals surface area contributed by atoms with E-state index in [0.29, 0.717) is 19.3 Å². The van der Waals surface area contributed by atoms with Gasteiger partial charge in [-0.05, 0) is 38.5 Å². The van der Waals surface area contributed by atoms with E-state index >= 15 is 0 Å². The van der Waals surface area contributed by atoms with Crippen molar-refractivity contribution in [2.24, 2.45) is 17.8 Å². The zero-order chi connectivity index (χ0) is 21.5. The van der Waals surface area contributed by atoms with Gasteiger partial charge >= 0.3 is 36.3 Å². The van der Waals surface area contributed by atoms with Crippen molar-refractivity contribution in [1.29, 1.82) is 0 Å². The summed E-state index contributed by atoms with van der Waals surface area (Å²) in [5, 5.41) is 0. The summed E-state index contributed by atoms with van der Waals surface area (Å²) >= 11 is 0. The quantitative estimate of drug-likeness (QED) is 0.321. The predicted octanol–water partition coefficient (Wildman–Crippen LogP) is 3.57. The molecule has 0 heterocycles. The van der Waals surface area contributed by atoms with Crippen LogP contribution < -0.4 is 29.6 Å². The molecule has 0 N–H and O–H groups in total. The van der Waals surface area contributed by atoms with Crippen molar-refractivity contribution in [2.45, 2.75) is 119 Å². The van der Waals surface area contributed by atoms with Crippen molar-refractivity contribution < 1.29 is 45.4 Å². The molecule has 0 radical (unpaired) electrons. The van der Waals surface area contributed by atoms with Gasteiger partial charge in [-0.3, -0.25) is 0 Å². The maximum Gasteiger partial charge on any atom is 1.00 e. The molecule has 0 fully saturated rings. The number of hydrogen-bond donors (Lipinski definition) is 0. The molecule has 3 atom stereocenters. The van der Waals surface area contributed by atoms with Crippen LogP contribution in [-0.4, -0.2) is 23.8 Å². The first-order chi connectivity index (χ1) is 13.4. The smallest absolute Gasteiger partial charge is 1.00 e. The molecule has 0 aliphatic heterocycles. The van der Waals surface area contributed by atoms with Gasteiger partial charge in [0, 0.05) is 17.8 Å². The van der Waals surface area contributed by atoms with Gasteiger partial charge in [-0.25, -0.2) is 0 Å². The Kier molecular flexibility index (Phi) is 20.3. The first-order valence-electron chi connectivity index (χ1n) is 12.0. The molecule has 0 aliphatic carbocycles. The van der Waals surface area contributed by atoms with Crippen LogP contribution in [0.2, 0.25) is 0 Å². The molecule has 29 heavy (non-hydrogen) atoms. The summed E-state index contributed by atoms with van der Waals surface area (Å²) in [5.74, 6) is -0.486. The summed E-state index contributed by atoms with van der Waals surface area (Å²) in [7, 11) is 0. The molecule has 164 valence electrons. The maximum atomic E-state index is 13.4. The van der Waals surface area contributed by atoms with Crippen molar-refractivity contribution in [1.82, 2.24) is 0 Å². The Morgan fingerprint density at radius 3 is 1.00 bits per heavy atom. The average Bonchev–Trinajstić information content (AvgIpc) is 2.70. The van der Waals surface area contributed by atoms with Crippen molar-refractivity contribution in [3.8, 4) is 0 Å². The average molecular weight is 416 g/mol. The summed E-state index contributed by atoms with van der Waals surface area (Å²) < 4.78 is 0. The number of rotatable bonds is 18. The van der Waals surface area contributed by atoms with Gasteiger partial charge in [0.15, 0.2) is 0 Å². The Morgan fingerprint density at radius 1 is 0.586 bits per heavy atom. The fourth-order valence-electron chi connectivity index (χ4n) is 4.12. The minimum Gasteiger partial charge on any atom is -1.00 e. The Balaban J connectivity index is -0.00000364. The third kappa shape index (κ3) is 10.8. The molecular formula is C24H46BNaO3. The Bertz CT molecular complexity index is 407. The molecule has 0 aromatic rings. The minimum atomic E-state index is -1.02.